The maximum Gasteiger partial charge on any atom is 0.261 e. The molecule has 0 radical (unpaired) electrons. The number of rotatable bonds is 9. The first-order valence-corrected chi connectivity index (χ1v) is 12.8. The number of nitrogens with zero attached hydrogens (tertiary/aromatic N) is 1. The predicted molar refractivity (Wildman–Crippen MR) is 136 cm³/mol. The largest absolute Gasteiger partial charge is 0.484 e. The first-order chi connectivity index (χ1) is 15.9. The van der Waals surface area contributed by atoms with Crippen LogP contribution in [0.4, 0.5) is 0 Å². The first kappa shape index (κ1) is 25.9. The SMILES string of the molecule is CCC(C(=O)NC1CCCCC1)N(Cc1c(Cl)cccc1Cl)C(=O)COc1ccc(Br)cc1. The van der Waals surface area contributed by atoms with Crippen molar-refractivity contribution in [1.29, 1.82) is 0 Å². The van der Waals surface area contributed by atoms with E-state index in [1.165, 1.54) is 11.3 Å². The number of carbonyl (C=O) groups is 2. The summed E-state index contributed by atoms with van der Waals surface area (Å²) in [7, 11) is 0. The molecule has 1 saturated carbocycles. The van der Waals surface area contributed by atoms with Crippen molar-refractivity contribution in [2.45, 2.75) is 64.1 Å². The van der Waals surface area contributed by atoms with Gasteiger partial charge in [-0.1, -0.05) is 71.4 Å². The Morgan fingerprint density at radius 2 is 1.73 bits per heavy atom. The van der Waals surface area contributed by atoms with Gasteiger partial charge in [0.15, 0.2) is 6.61 Å². The third-order valence-electron chi connectivity index (χ3n) is 5.90. The van der Waals surface area contributed by atoms with Gasteiger partial charge in [-0.15, -0.1) is 0 Å². The van der Waals surface area contributed by atoms with E-state index in [2.05, 4.69) is 21.2 Å². The Morgan fingerprint density at radius 3 is 2.33 bits per heavy atom. The zero-order chi connectivity index (χ0) is 23.8. The number of nitrogens with one attached hydrogen (secondary N) is 1. The first-order valence-electron chi connectivity index (χ1n) is 11.3. The van der Waals surface area contributed by atoms with E-state index in [9.17, 15) is 9.59 Å². The molecule has 0 heterocycles. The minimum atomic E-state index is -0.653. The molecular weight excluding hydrogens is 527 g/mol. The van der Waals surface area contributed by atoms with Gasteiger partial charge in [0.25, 0.3) is 5.91 Å². The molecule has 8 heteroatoms. The summed E-state index contributed by atoms with van der Waals surface area (Å²) in [5.74, 6) is 0.117. The molecule has 1 fully saturated rings. The van der Waals surface area contributed by atoms with Gasteiger partial charge in [0.1, 0.15) is 11.8 Å². The van der Waals surface area contributed by atoms with E-state index in [-0.39, 0.29) is 31.0 Å². The molecule has 0 aromatic heterocycles. The second-order valence-electron chi connectivity index (χ2n) is 8.23. The maximum absolute atomic E-state index is 13.3. The van der Waals surface area contributed by atoms with Crippen molar-refractivity contribution in [2.24, 2.45) is 0 Å². The molecule has 0 saturated heterocycles. The summed E-state index contributed by atoms with van der Waals surface area (Å²) in [6, 6.07) is 11.9. The highest BCUT2D eigenvalue weighted by molar-refractivity contribution is 9.10. The van der Waals surface area contributed by atoms with Gasteiger partial charge in [-0.25, -0.2) is 0 Å². The summed E-state index contributed by atoms with van der Waals surface area (Å²) in [6.07, 6.45) is 5.83. The van der Waals surface area contributed by atoms with Crippen molar-refractivity contribution in [1.82, 2.24) is 10.2 Å². The van der Waals surface area contributed by atoms with E-state index in [4.69, 9.17) is 27.9 Å². The molecule has 33 heavy (non-hydrogen) atoms. The highest BCUT2D eigenvalue weighted by Gasteiger charge is 2.31. The van der Waals surface area contributed by atoms with E-state index in [1.54, 1.807) is 30.3 Å². The Bertz CT molecular complexity index is 929. The minimum absolute atomic E-state index is 0.123. The van der Waals surface area contributed by atoms with Crippen LogP contribution in [-0.2, 0) is 16.1 Å². The van der Waals surface area contributed by atoms with Gasteiger partial charge >= 0.3 is 0 Å². The van der Waals surface area contributed by atoms with Crippen LogP contribution in [0.3, 0.4) is 0 Å². The van der Waals surface area contributed by atoms with E-state index in [0.29, 0.717) is 27.8 Å². The summed E-state index contributed by atoms with van der Waals surface area (Å²) in [6.45, 7) is 1.82. The molecule has 1 aliphatic rings. The van der Waals surface area contributed by atoms with Crippen LogP contribution in [0.25, 0.3) is 0 Å². The number of hydrogen-bond donors (Lipinski definition) is 1. The maximum atomic E-state index is 13.3. The van der Waals surface area contributed by atoms with Crippen LogP contribution in [0, 0.1) is 0 Å². The molecule has 2 amide bonds. The van der Waals surface area contributed by atoms with Crippen LogP contribution in [0.1, 0.15) is 51.0 Å². The topological polar surface area (TPSA) is 58.6 Å². The van der Waals surface area contributed by atoms with Crippen molar-refractivity contribution < 1.29 is 14.3 Å². The predicted octanol–water partition coefficient (Wildman–Crippen LogP) is 6.39. The monoisotopic (exact) mass is 554 g/mol. The van der Waals surface area contributed by atoms with Gasteiger partial charge in [-0.05, 0) is 55.7 Å². The summed E-state index contributed by atoms with van der Waals surface area (Å²) < 4.78 is 6.63. The van der Waals surface area contributed by atoms with Crippen molar-refractivity contribution in [2.75, 3.05) is 6.61 Å². The van der Waals surface area contributed by atoms with E-state index in [0.717, 1.165) is 30.2 Å². The van der Waals surface area contributed by atoms with Gasteiger partial charge in [0.05, 0.1) is 0 Å². The van der Waals surface area contributed by atoms with Crippen LogP contribution in [-0.4, -0.2) is 35.4 Å². The van der Waals surface area contributed by atoms with Crippen LogP contribution in [0.15, 0.2) is 46.9 Å². The second kappa shape index (κ2) is 12.6. The molecule has 3 rings (SSSR count). The number of benzene rings is 2. The van der Waals surface area contributed by atoms with Crippen molar-refractivity contribution in [3.05, 3.63) is 62.5 Å². The zero-order valence-corrected chi connectivity index (χ0v) is 21.8. The highest BCUT2D eigenvalue weighted by atomic mass is 79.9. The molecule has 2 aromatic rings. The van der Waals surface area contributed by atoms with E-state index >= 15 is 0 Å². The average Bonchev–Trinajstić information content (AvgIpc) is 2.81. The Kier molecular flexibility index (Phi) is 9.90. The fourth-order valence-electron chi connectivity index (χ4n) is 4.08. The standard InChI is InChI=1S/C25H29BrCl2N2O3/c1-2-23(25(32)29-18-7-4-3-5-8-18)30(15-20-21(27)9-6-10-22(20)28)24(31)16-33-19-13-11-17(26)12-14-19/h6,9-14,18,23H,2-5,7-8,15-16H2,1H3,(H,29,32). The fraction of sp³-hybridized carbons (Fsp3) is 0.440. The molecule has 1 N–H and O–H groups in total. The molecule has 0 spiro atoms. The molecule has 1 atom stereocenters. The van der Waals surface area contributed by atoms with Gasteiger partial charge < -0.3 is 15.0 Å². The third kappa shape index (κ3) is 7.36. The Labute approximate surface area is 213 Å². The van der Waals surface area contributed by atoms with Crippen LogP contribution in [0.5, 0.6) is 5.75 Å². The van der Waals surface area contributed by atoms with Crippen molar-refractivity contribution in [3.8, 4) is 5.75 Å². The summed E-state index contributed by atoms with van der Waals surface area (Å²) in [5, 5.41) is 4.07. The highest BCUT2D eigenvalue weighted by Crippen LogP contribution is 2.27. The van der Waals surface area contributed by atoms with Gasteiger partial charge in [-0.3, -0.25) is 9.59 Å². The smallest absolute Gasteiger partial charge is 0.261 e. The molecule has 5 nitrogen and oxygen atoms in total. The minimum Gasteiger partial charge on any atom is -0.484 e. The summed E-state index contributed by atoms with van der Waals surface area (Å²) >= 11 is 16.2. The quantitative estimate of drug-likeness (QED) is 0.390. The van der Waals surface area contributed by atoms with Gasteiger partial charge in [0, 0.05) is 32.7 Å². The van der Waals surface area contributed by atoms with Crippen LogP contribution >= 0.6 is 39.1 Å². The molecule has 0 bridgehead atoms. The lowest BCUT2D eigenvalue weighted by atomic mass is 9.95. The van der Waals surface area contributed by atoms with Gasteiger partial charge in [-0.2, -0.15) is 0 Å². The lowest BCUT2D eigenvalue weighted by Gasteiger charge is -2.33. The molecule has 178 valence electrons. The number of hydrogen-bond acceptors (Lipinski definition) is 3. The molecule has 2 aromatic carbocycles. The van der Waals surface area contributed by atoms with Gasteiger partial charge in [0.2, 0.25) is 5.91 Å². The Balaban J connectivity index is 1.79. The number of amides is 2. The lowest BCUT2D eigenvalue weighted by molar-refractivity contribution is -0.143. The summed E-state index contributed by atoms with van der Waals surface area (Å²) in [5.41, 5.74) is 0.613. The van der Waals surface area contributed by atoms with Crippen molar-refractivity contribution >= 4 is 50.9 Å². The Morgan fingerprint density at radius 1 is 1.09 bits per heavy atom. The molecule has 1 aliphatic carbocycles. The molecule has 0 aliphatic heterocycles. The summed E-state index contributed by atoms with van der Waals surface area (Å²) in [4.78, 5) is 28.1. The number of carbonyl (C=O) groups excluding carboxylic acids is 2. The third-order valence-corrected chi connectivity index (χ3v) is 7.14. The number of halogens is 3. The van der Waals surface area contributed by atoms with E-state index < -0.39 is 6.04 Å². The number of ether oxygens (including phenoxy) is 1. The van der Waals surface area contributed by atoms with E-state index in [1.807, 2.05) is 19.1 Å². The average molecular weight is 556 g/mol. The molecule has 1 unspecified atom stereocenters. The second-order valence-corrected chi connectivity index (χ2v) is 9.96. The lowest BCUT2D eigenvalue weighted by Crippen LogP contribution is -2.52. The molecular formula is C25H29BrCl2N2O3. The Hall–Kier alpha value is -1.76. The van der Waals surface area contributed by atoms with Crippen LogP contribution in [0.2, 0.25) is 10.0 Å². The fourth-order valence-corrected chi connectivity index (χ4v) is 4.86. The van der Waals surface area contributed by atoms with Crippen molar-refractivity contribution in [3.63, 3.8) is 0 Å². The van der Waals surface area contributed by atoms with Crippen LogP contribution < -0.4 is 10.1 Å². The normalized spacial score (nSPS) is 15.0. The zero-order valence-electron chi connectivity index (χ0n) is 18.7.